The van der Waals surface area contributed by atoms with Crippen LogP contribution in [0.4, 0.5) is 5.69 Å². The van der Waals surface area contributed by atoms with E-state index in [9.17, 15) is 0 Å². The molecule has 1 saturated heterocycles. The third-order valence-corrected chi connectivity index (χ3v) is 7.53. The Balaban J connectivity index is 1.39. The van der Waals surface area contributed by atoms with Gasteiger partial charge in [-0.1, -0.05) is 23.8 Å². The molecule has 6 rings (SSSR count). The van der Waals surface area contributed by atoms with Crippen molar-refractivity contribution >= 4 is 23.0 Å². The Labute approximate surface area is 217 Å². The summed E-state index contributed by atoms with van der Waals surface area (Å²) in [6.07, 6.45) is 9.10. The van der Waals surface area contributed by atoms with Crippen molar-refractivity contribution in [2.75, 3.05) is 4.90 Å². The van der Waals surface area contributed by atoms with Gasteiger partial charge in [0, 0.05) is 29.5 Å². The molecule has 1 N–H and O–H groups in total. The molecule has 2 aromatic carbocycles. The van der Waals surface area contributed by atoms with E-state index in [4.69, 9.17) is 21.9 Å². The molecule has 4 aromatic rings. The number of pyridine rings is 1. The highest BCUT2D eigenvalue weighted by atomic mass is 32.1. The fraction of sp³-hybridized carbons (Fsp3) is 0.267. The number of hydrogen-bond acceptors (Lipinski definition) is 3. The monoisotopic (exact) mass is 494 g/mol. The van der Waals surface area contributed by atoms with Crippen LogP contribution in [0, 0.1) is 6.92 Å². The zero-order valence-corrected chi connectivity index (χ0v) is 21.2. The summed E-state index contributed by atoms with van der Waals surface area (Å²) in [7, 11) is 0. The van der Waals surface area contributed by atoms with Gasteiger partial charge >= 0.3 is 0 Å². The number of rotatable bonds is 6. The molecule has 0 unspecified atom stereocenters. The summed E-state index contributed by atoms with van der Waals surface area (Å²) >= 11 is 5.92. The van der Waals surface area contributed by atoms with Crippen LogP contribution in [0.5, 0.6) is 5.75 Å². The normalized spacial score (nSPS) is 20.0. The van der Waals surface area contributed by atoms with Gasteiger partial charge in [-0.25, -0.2) is 0 Å². The van der Waals surface area contributed by atoms with Crippen LogP contribution < -0.4 is 15.0 Å². The van der Waals surface area contributed by atoms with Crippen molar-refractivity contribution in [2.24, 2.45) is 0 Å². The minimum absolute atomic E-state index is 0.0784. The summed E-state index contributed by atoms with van der Waals surface area (Å²) in [5, 5.41) is 4.26. The zero-order chi connectivity index (χ0) is 24.5. The van der Waals surface area contributed by atoms with Crippen LogP contribution in [0.2, 0.25) is 0 Å². The van der Waals surface area contributed by atoms with E-state index < -0.39 is 0 Å². The molecule has 5 nitrogen and oxygen atoms in total. The highest BCUT2D eigenvalue weighted by Gasteiger charge is 2.42. The molecule has 0 amide bonds. The molecule has 0 radical (unpaired) electrons. The number of nitrogens with zero attached hydrogens (tertiary/aromatic N) is 3. The molecule has 0 bridgehead atoms. The van der Waals surface area contributed by atoms with Gasteiger partial charge in [-0.05, 0) is 105 Å². The first-order valence-corrected chi connectivity index (χ1v) is 13.1. The smallest absolute Gasteiger partial charge is 0.174 e. The Kier molecular flexibility index (Phi) is 6.20. The predicted octanol–water partition coefficient (Wildman–Crippen LogP) is 6.68. The van der Waals surface area contributed by atoms with Gasteiger partial charge in [0.15, 0.2) is 5.11 Å². The number of thiocarbonyl (C=S) groups is 1. The van der Waals surface area contributed by atoms with Crippen LogP contribution in [0.25, 0.3) is 5.69 Å². The number of benzene rings is 2. The largest absolute Gasteiger partial charge is 0.490 e. The molecule has 2 atom stereocenters. The molecule has 2 aliphatic rings. The molecular weight excluding hydrogens is 464 g/mol. The lowest BCUT2D eigenvalue weighted by Gasteiger charge is -2.29. The SMILES string of the molecule is Cc1ccc(-n2cccc2[C@H]2[C@H](c3ccccn3)NC(=S)N2c2ccc(OC3CCCC3)cc2)cc1. The van der Waals surface area contributed by atoms with Crippen LogP contribution in [0.1, 0.15) is 54.7 Å². The maximum absolute atomic E-state index is 6.21. The average molecular weight is 495 g/mol. The third-order valence-electron chi connectivity index (χ3n) is 7.21. The molecule has 6 heteroatoms. The van der Waals surface area contributed by atoms with E-state index in [1.807, 2.05) is 18.3 Å². The topological polar surface area (TPSA) is 42.3 Å². The third kappa shape index (κ3) is 4.37. The van der Waals surface area contributed by atoms with E-state index in [0.29, 0.717) is 11.2 Å². The molecule has 2 fully saturated rings. The Morgan fingerprint density at radius 2 is 1.64 bits per heavy atom. The molecule has 2 aromatic heterocycles. The lowest BCUT2D eigenvalue weighted by molar-refractivity contribution is 0.210. The second-order valence-electron chi connectivity index (χ2n) is 9.65. The summed E-state index contributed by atoms with van der Waals surface area (Å²) in [5.41, 5.74) is 5.51. The zero-order valence-electron chi connectivity index (χ0n) is 20.4. The lowest BCUT2D eigenvalue weighted by atomic mass is 10.0. The Morgan fingerprint density at radius 3 is 2.36 bits per heavy atom. The average Bonchev–Trinajstić information content (AvgIpc) is 3.66. The molecular formula is C30H30N4OS. The lowest BCUT2D eigenvalue weighted by Crippen LogP contribution is -2.30. The maximum Gasteiger partial charge on any atom is 0.174 e. The summed E-state index contributed by atoms with van der Waals surface area (Å²) in [5.74, 6) is 0.921. The summed E-state index contributed by atoms with van der Waals surface area (Å²) in [6.45, 7) is 2.11. The first-order chi connectivity index (χ1) is 17.7. The molecule has 1 aliphatic heterocycles. The van der Waals surface area contributed by atoms with Crippen molar-refractivity contribution in [3.8, 4) is 11.4 Å². The van der Waals surface area contributed by atoms with Gasteiger partial charge in [0.05, 0.1) is 17.8 Å². The number of aromatic nitrogens is 2. The van der Waals surface area contributed by atoms with Crippen LogP contribution in [-0.2, 0) is 0 Å². The van der Waals surface area contributed by atoms with Crippen molar-refractivity contribution in [2.45, 2.75) is 50.8 Å². The molecule has 1 saturated carbocycles. The predicted molar refractivity (Wildman–Crippen MR) is 148 cm³/mol. The van der Waals surface area contributed by atoms with Crippen LogP contribution in [-0.4, -0.2) is 20.8 Å². The highest BCUT2D eigenvalue weighted by molar-refractivity contribution is 7.80. The molecule has 182 valence electrons. The minimum Gasteiger partial charge on any atom is -0.490 e. The number of ether oxygens (including phenoxy) is 1. The Morgan fingerprint density at radius 1 is 0.889 bits per heavy atom. The van der Waals surface area contributed by atoms with E-state index in [0.717, 1.165) is 41.4 Å². The highest BCUT2D eigenvalue weighted by Crippen LogP contribution is 2.42. The molecule has 0 spiro atoms. The number of anilines is 1. The standard InChI is InChI=1S/C30H30N4OS/c1-21-11-13-22(14-12-21)33-20-6-10-27(33)29-28(26-9-4-5-19-31-26)32-30(36)34(29)23-15-17-25(18-16-23)35-24-7-2-3-8-24/h4-6,9-20,24,28-29H,2-3,7-8H2,1H3,(H,32,36)/t28-,29-/m0/s1. The van der Waals surface area contributed by atoms with Crippen molar-refractivity contribution in [1.82, 2.24) is 14.9 Å². The minimum atomic E-state index is -0.0905. The quantitative estimate of drug-likeness (QED) is 0.303. The summed E-state index contributed by atoms with van der Waals surface area (Å²) in [6, 6.07) is 27.1. The van der Waals surface area contributed by atoms with E-state index in [-0.39, 0.29) is 12.1 Å². The number of hydrogen-bond donors (Lipinski definition) is 1. The maximum atomic E-state index is 6.21. The fourth-order valence-corrected chi connectivity index (χ4v) is 5.74. The van der Waals surface area contributed by atoms with E-state index in [1.165, 1.54) is 18.4 Å². The summed E-state index contributed by atoms with van der Waals surface area (Å²) < 4.78 is 8.47. The van der Waals surface area contributed by atoms with Gasteiger partial charge < -0.3 is 19.5 Å². The van der Waals surface area contributed by atoms with Gasteiger partial charge in [-0.3, -0.25) is 4.98 Å². The Hall–Kier alpha value is -3.64. The molecule has 36 heavy (non-hydrogen) atoms. The van der Waals surface area contributed by atoms with Gasteiger partial charge in [0.1, 0.15) is 11.8 Å². The molecule has 1 aliphatic carbocycles. The van der Waals surface area contributed by atoms with Crippen molar-refractivity contribution in [3.05, 3.63) is 108 Å². The van der Waals surface area contributed by atoms with E-state index >= 15 is 0 Å². The van der Waals surface area contributed by atoms with Crippen LogP contribution in [0.15, 0.2) is 91.3 Å². The first-order valence-electron chi connectivity index (χ1n) is 12.7. The van der Waals surface area contributed by atoms with Gasteiger partial charge in [0.25, 0.3) is 0 Å². The number of aryl methyl sites for hydroxylation is 1. The van der Waals surface area contributed by atoms with Crippen molar-refractivity contribution < 1.29 is 4.74 Å². The second-order valence-corrected chi connectivity index (χ2v) is 10.0. The van der Waals surface area contributed by atoms with Crippen molar-refractivity contribution in [1.29, 1.82) is 0 Å². The van der Waals surface area contributed by atoms with Crippen molar-refractivity contribution in [3.63, 3.8) is 0 Å². The van der Waals surface area contributed by atoms with E-state index in [1.54, 1.807) is 0 Å². The Bertz CT molecular complexity index is 1330. The summed E-state index contributed by atoms with van der Waals surface area (Å²) in [4.78, 5) is 6.91. The van der Waals surface area contributed by atoms with Gasteiger partial charge in [-0.2, -0.15) is 0 Å². The fourth-order valence-electron chi connectivity index (χ4n) is 5.39. The van der Waals surface area contributed by atoms with E-state index in [2.05, 4.69) is 94.6 Å². The molecule has 3 heterocycles. The van der Waals surface area contributed by atoms with Crippen LogP contribution >= 0.6 is 12.2 Å². The number of nitrogens with one attached hydrogen (secondary N) is 1. The van der Waals surface area contributed by atoms with Gasteiger partial charge in [-0.15, -0.1) is 0 Å². The first kappa shape index (κ1) is 22.8. The van der Waals surface area contributed by atoms with Gasteiger partial charge in [0.2, 0.25) is 0 Å². The second kappa shape index (κ2) is 9.78. The van der Waals surface area contributed by atoms with Crippen LogP contribution in [0.3, 0.4) is 0 Å².